The van der Waals surface area contributed by atoms with E-state index in [-0.39, 0.29) is 5.04 Å². The van der Waals surface area contributed by atoms with Crippen LogP contribution in [0.3, 0.4) is 0 Å². The average Bonchev–Trinajstić information content (AvgIpc) is 2.88. The highest BCUT2D eigenvalue weighted by atomic mass is 79.9. The van der Waals surface area contributed by atoms with Crippen LogP contribution in [0, 0.1) is 0 Å². The van der Waals surface area contributed by atoms with Gasteiger partial charge in [0.15, 0.2) is 14.0 Å². The summed E-state index contributed by atoms with van der Waals surface area (Å²) in [7, 11) is -1.81. The van der Waals surface area contributed by atoms with Crippen molar-refractivity contribution in [2.75, 3.05) is 31.2 Å². The third-order valence-electron chi connectivity index (χ3n) is 5.19. The normalized spacial score (nSPS) is 16.6. The molecule has 138 valence electrons. The summed E-state index contributed by atoms with van der Waals surface area (Å²) in [6, 6.07) is 4.04. The van der Waals surface area contributed by atoms with Crippen molar-refractivity contribution < 1.29 is 9.16 Å². The molecule has 1 fully saturated rings. The standard InChI is InChI=1S/C17H27BrN4O2Si/c1-17(2,3)25(4,5)24-12-13-16(18)22-14(19-13)6-7-15(20-22)21-8-10-23-11-9-21/h6-7H,8-12H2,1-5H3. The zero-order valence-corrected chi connectivity index (χ0v) is 18.3. The van der Waals surface area contributed by atoms with Gasteiger partial charge >= 0.3 is 0 Å². The van der Waals surface area contributed by atoms with E-state index in [9.17, 15) is 0 Å². The highest BCUT2D eigenvalue weighted by molar-refractivity contribution is 9.10. The SMILES string of the molecule is CC(C)(C)[Si](C)(C)OCc1nc2ccc(N3CCOCC3)nn2c1Br. The number of hydrogen-bond acceptors (Lipinski definition) is 5. The highest BCUT2D eigenvalue weighted by Crippen LogP contribution is 2.37. The molecule has 1 aliphatic heterocycles. The minimum absolute atomic E-state index is 0.181. The lowest BCUT2D eigenvalue weighted by Crippen LogP contribution is -2.40. The first-order valence-electron chi connectivity index (χ1n) is 8.70. The fraction of sp³-hybridized carbons (Fsp3) is 0.647. The molecule has 0 N–H and O–H groups in total. The van der Waals surface area contributed by atoms with Gasteiger partial charge in [-0.05, 0) is 46.2 Å². The van der Waals surface area contributed by atoms with E-state index in [2.05, 4.69) is 54.7 Å². The van der Waals surface area contributed by atoms with E-state index in [4.69, 9.17) is 19.2 Å². The Kier molecular flexibility index (Phi) is 5.25. The average molecular weight is 427 g/mol. The van der Waals surface area contributed by atoms with Crippen LogP contribution >= 0.6 is 15.9 Å². The summed E-state index contributed by atoms with van der Waals surface area (Å²) in [6.07, 6.45) is 0. The summed E-state index contributed by atoms with van der Waals surface area (Å²) < 4.78 is 14.5. The molecular formula is C17H27BrN4O2Si. The van der Waals surface area contributed by atoms with Crippen LogP contribution in [0.25, 0.3) is 5.65 Å². The third kappa shape index (κ3) is 3.91. The predicted molar refractivity (Wildman–Crippen MR) is 106 cm³/mol. The lowest BCUT2D eigenvalue weighted by Gasteiger charge is -2.35. The van der Waals surface area contributed by atoms with E-state index in [1.165, 1.54) is 0 Å². The minimum atomic E-state index is -1.81. The number of aromatic nitrogens is 3. The number of morpholine rings is 1. The topological polar surface area (TPSA) is 51.9 Å². The van der Waals surface area contributed by atoms with E-state index >= 15 is 0 Å². The van der Waals surface area contributed by atoms with E-state index in [0.717, 1.165) is 48.1 Å². The van der Waals surface area contributed by atoms with Gasteiger partial charge < -0.3 is 14.1 Å². The first kappa shape index (κ1) is 18.8. The first-order chi connectivity index (χ1) is 11.7. The Morgan fingerprint density at radius 1 is 1.24 bits per heavy atom. The zero-order valence-electron chi connectivity index (χ0n) is 15.7. The third-order valence-corrected chi connectivity index (χ3v) is 10.5. The number of ether oxygens (including phenoxy) is 1. The number of halogens is 1. The van der Waals surface area contributed by atoms with Crippen molar-refractivity contribution in [3.8, 4) is 0 Å². The quantitative estimate of drug-likeness (QED) is 0.694. The van der Waals surface area contributed by atoms with Gasteiger partial charge in [-0.1, -0.05) is 20.8 Å². The molecule has 0 bridgehead atoms. The first-order valence-corrected chi connectivity index (χ1v) is 12.4. The van der Waals surface area contributed by atoms with Gasteiger partial charge in [0.25, 0.3) is 0 Å². The van der Waals surface area contributed by atoms with Gasteiger partial charge in [-0.3, -0.25) is 0 Å². The smallest absolute Gasteiger partial charge is 0.192 e. The fourth-order valence-corrected chi connectivity index (χ4v) is 3.86. The second kappa shape index (κ2) is 6.98. The van der Waals surface area contributed by atoms with Crippen molar-refractivity contribution in [3.05, 3.63) is 22.4 Å². The maximum Gasteiger partial charge on any atom is 0.192 e. The molecule has 3 heterocycles. The van der Waals surface area contributed by atoms with Crippen molar-refractivity contribution in [2.45, 2.75) is 45.5 Å². The van der Waals surface area contributed by atoms with Crippen molar-refractivity contribution in [3.63, 3.8) is 0 Å². The Labute approximate surface area is 158 Å². The van der Waals surface area contributed by atoms with Crippen LogP contribution in [0.1, 0.15) is 26.5 Å². The second-order valence-electron chi connectivity index (χ2n) is 7.96. The number of anilines is 1. The van der Waals surface area contributed by atoms with E-state index in [1.807, 2.05) is 16.6 Å². The van der Waals surface area contributed by atoms with Crippen molar-refractivity contribution in [1.82, 2.24) is 14.6 Å². The molecule has 0 amide bonds. The van der Waals surface area contributed by atoms with Gasteiger partial charge in [0.05, 0.1) is 19.8 Å². The van der Waals surface area contributed by atoms with Gasteiger partial charge in [0.2, 0.25) is 0 Å². The van der Waals surface area contributed by atoms with Crippen molar-refractivity contribution in [1.29, 1.82) is 0 Å². The largest absolute Gasteiger partial charge is 0.411 e. The van der Waals surface area contributed by atoms with Gasteiger partial charge in [-0.15, -0.1) is 5.10 Å². The summed E-state index contributed by atoms with van der Waals surface area (Å²) in [4.78, 5) is 6.93. The van der Waals surface area contributed by atoms with Crippen molar-refractivity contribution >= 4 is 35.7 Å². The van der Waals surface area contributed by atoms with Gasteiger partial charge in [-0.2, -0.15) is 0 Å². The van der Waals surface area contributed by atoms with Crippen LogP contribution < -0.4 is 4.90 Å². The molecule has 25 heavy (non-hydrogen) atoms. The molecule has 0 spiro atoms. The lowest BCUT2D eigenvalue weighted by atomic mass is 10.2. The molecule has 2 aromatic rings. The molecule has 0 atom stereocenters. The number of fused-ring (bicyclic) bond motifs is 1. The van der Waals surface area contributed by atoms with Gasteiger partial charge in [0, 0.05) is 13.1 Å². The second-order valence-corrected chi connectivity index (χ2v) is 13.5. The molecular weight excluding hydrogens is 400 g/mol. The molecule has 6 nitrogen and oxygen atoms in total. The Morgan fingerprint density at radius 2 is 1.92 bits per heavy atom. The molecule has 0 aliphatic carbocycles. The fourth-order valence-electron chi connectivity index (χ4n) is 2.46. The Bertz CT molecular complexity index is 751. The number of nitrogens with zero attached hydrogens (tertiary/aromatic N) is 4. The zero-order chi connectivity index (χ0) is 18.2. The number of imidazole rings is 1. The molecule has 0 radical (unpaired) electrons. The molecule has 1 aliphatic rings. The van der Waals surface area contributed by atoms with Gasteiger partial charge in [-0.25, -0.2) is 9.50 Å². The van der Waals surface area contributed by atoms with Crippen molar-refractivity contribution in [2.24, 2.45) is 0 Å². The molecule has 8 heteroatoms. The van der Waals surface area contributed by atoms with Crippen LogP contribution in [0.15, 0.2) is 16.7 Å². The van der Waals surface area contributed by atoms with Crippen LogP contribution in [-0.4, -0.2) is 49.2 Å². The molecule has 0 aromatic carbocycles. The maximum absolute atomic E-state index is 6.32. The Morgan fingerprint density at radius 3 is 2.56 bits per heavy atom. The highest BCUT2D eigenvalue weighted by Gasteiger charge is 2.37. The molecule has 1 saturated heterocycles. The van der Waals surface area contributed by atoms with Crippen LogP contribution in [0.4, 0.5) is 5.82 Å². The molecule has 0 unspecified atom stereocenters. The summed E-state index contributed by atoms with van der Waals surface area (Å²) in [6.45, 7) is 15.0. The number of hydrogen-bond donors (Lipinski definition) is 0. The summed E-state index contributed by atoms with van der Waals surface area (Å²) >= 11 is 3.66. The predicted octanol–water partition coefficient (Wildman–Crippen LogP) is 3.85. The van der Waals surface area contributed by atoms with E-state index in [1.54, 1.807) is 0 Å². The van der Waals surface area contributed by atoms with Crippen LogP contribution in [-0.2, 0) is 15.8 Å². The summed E-state index contributed by atoms with van der Waals surface area (Å²) in [5.74, 6) is 0.950. The maximum atomic E-state index is 6.32. The monoisotopic (exact) mass is 426 g/mol. The minimum Gasteiger partial charge on any atom is -0.411 e. The van der Waals surface area contributed by atoms with Crippen LogP contribution in [0.2, 0.25) is 18.1 Å². The Balaban J connectivity index is 1.82. The summed E-state index contributed by atoms with van der Waals surface area (Å²) in [5, 5.41) is 4.93. The number of rotatable bonds is 4. The Hall–Kier alpha value is -0.963. The lowest BCUT2D eigenvalue weighted by molar-refractivity contribution is 0.122. The molecule has 3 rings (SSSR count). The van der Waals surface area contributed by atoms with Gasteiger partial charge in [0.1, 0.15) is 16.1 Å². The van der Waals surface area contributed by atoms with E-state index in [0.29, 0.717) is 6.61 Å². The van der Waals surface area contributed by atoms with E-state index < -0.39 is 8.32 Å². The molecule has 0 saturated carbocycles. The summed E-state index contributed by atoms with van der Waals surface area (Å²) in [5.41, 5.74) is 1.73. The molecule has 2 aromatic heterocycles. The van der Waals surface area contributed by atoms with Crippen LogP contribution in [0.5, 0.6) is 0 Å².